The van der Waals surface area contributed by atoms with E-state index in [2.05, 4.69) is 10.5 Å². The van der Waals surface area contributed by atoms with Crippen LogP contribution < -0.4 is 11.1 Å². The Morgan fingerprint density at radius 1 is 1.10 bits per heavy atom. The molecule has 2 rings (SSSR count). The zero-order chi connectivity index (χ0) is 14.5. The highest BCUT2D eigenvalue weighted by atomic mass is 19.1. The average Bonchev–Trinajstić information content (AvgIpc) is 2.49. The Hall–Kier alpha value is -2.89. The summed E-state index contributed by atoms with van der Waals surface area (Å²) in [4.78, 5) is 11.9. The number of nitrogens with zero attached hydrogens (tertiary/aromatic N) is 1. The maximum Gasteiger partial charge on any atom is 0.255 e. The van der Waals surface area contributed by atoms with Crippen LogP contribution in [-0.4, -0.2) is 17.0 Å². The number of hydrogen-bond acceptors (Lipinski definition) is 3. The van der Waals surface area contributed by atoms with Gasteiger partial charge in [-0.15, -0.1) is 0 Å². The zero-order valence-corrected chi connectivity index (χ0v) is 10.4. The number of nitrogens with two attached hydrogens (primary N) is 1. The van der Waals surface area contributed by atoms with Crippen LogP contribution >= 0.6 is 0 Å². The molecule has 4 N–H and O–H groups in total. The molecule has 0 saturated heterocycles. The van der Waals surface area contributed by atoms with Crippen molar-refractivity contribution in [2.75, 3.05) is 5.32 Å². The van der Waals surface area contributed by atoms with E-state index >= 15 is 0 Å². The summed E-state index contributed by atoms with van der Waals surface area (Å²) in [6.45, 7) is 0. The monoisotopic (exact) mass is 273 g/mol. The molecule has 0 unspecified atom stereocenters. The van der Waals surface area contributed by atoms with Crippen LogP contribution in [0.1, 0.15) is 15.9 Å². The second-order valence-electron chi connectivity index (χ2n) is 4.00. The van der Waals surface area contributed by atoms with E-state index in [4.69, 9.17) is 10.9 Å². The van der Waals surface area contributed by atoms with E-state index in [1.807, 2.05) is 0 Å². The molecule has 20 heavy (non-hydrogen) atoms. The molecule has 0 spiro atoms. The van der Waals surface area contributed by atoms with E-state index in [9.17, 15) is 9.18 Å². The number of anilines is 1. The SMILES string of the molecule is N/C(=N\O)c1ccc(C(=O)Nc2ccccc2F)cc1. The van der Waals surface area contributed by atoms with Gasteiger partial charge in [0.15, 0.2) is 5.84 Å². The minimum absolute atomic E-state index is 0.0499. The van der Waals surface area contributed by atoms with E-state index in [1.54, 1.807) is 6.07 Å². The molecule has 0 aliphatic carbocycles. The van der Waals surface area contributed by atoms with E-state index in [1.165, 1.54) is 42.5 Å². The molecule has 0 fully saturated rings. The molecular weight excluding hydrogens is 261 g/mol. The summed E-state index contributed by atoms with van der Waals surface area (Å²) in [7, 11) is 0. The van der Waals surface area contributed by atoms with Gasteiger partial charge in [-0.25, -0.2) is 4.39 Å². The fraction of sp³-hybridized carbons (Fsp3) is 0. The number of carbonyl (C=O) groups is 1. The van der Waals surface area contributed by atoms with Crippen LogP contribution in [0.15, 0.2) is 53.7 Å². The lowest BCUT2D eigenvalue weighted by Gasteiger charge is -2.06. The van der Waals surface area contributed by atoms with Crippen LogP contribution in [0.3, 0.4) is 0 Å². The molecule has 102 valence electrons. The third-order valence-corrected chi connectivity index (χ3v) is 2.67. The zero-order valence-electron chi connectivity index (χ0n) is 10.4. The predicted octanol–water partition coefficient (Wildman–Crippen LogP) is 2.17. The quantitative estimate of drug-likeness (QED) is 0.346. The third-order valence-electron chi connectivity index (χ3n) is 2.67. The van der Waals surface area contributed by atoms with Gasteiger partial charge < -0.3 is 16.3 Å². The van der Waals surface area contributed by atoms with Gasteiger partial charge in [0.2, 0.25) is 0 Å². The van der Waals surface area contributed by atoms with Crippen molar-refractivity contribution in [3.8, 4) is 0 Å². The van der Waals surface area contributed by atoms with Crippen LogP contribution in [0.25, 0.3) is 0 Å². The smallest absolute Gasteiger partial charge is 0.255 e. The highest BCUT2D eigenvalue weighted by Gasteiger charge is 2.09. The highest BCUT2D eigenvalue weighted by Crippen LogP contribution is 2.14. The maximum absolute atomic E-state index is 13.4. The molecule has 0 aliphatic heterocycles. The number of hydrogen-bond donors (Lipinski definition) is 3. The molecule has 0 bridgehead atoms. The van der Waals surface area contributed by atoms with E-state index in [-0.39, 0.29) is 11.5 Å². The average molecular weight is 273 g/mol. The lowest BCUT2D eigenvalue weighted by atomic mass is 10.1. The summed E-state index contributed by atoms with van der Waals surface area (Å²) in [6.07, 6.45) is 0. The number of amides is 1. The molecule has 6 heteroatoms. The van der Waals surface area contributed by atoms with Gasteiger partial charge in [-0.05, 0) is 24.3 Å². The van der Waals surface area contributed by atoms with Crippen LogP contribution in [0.2, 0.25) is 0 Å². The van der Waals surface area contributed by atoms with Gasteiger partial charge in [-0.2, -0.15) is 0 Å². The molecule has 0 aromatic heterocycles. The molecule has 2 aromatic carbocycles. The fourth-order valence-electron chi connectivity index (χ4n) is 1.61. The summed E-state index contributed by atoms with van der Waals surface area (Å²) in [5.41, 5.74) is 6.34. The number of oxime groups is 1. The van der Waals surface area contributed by atoms with Crippen molar-refractivity contribution in [1.29, 1.82) is 0 Å². The molecule has 0 atom stereocenters. The first kappa shape index (κ1) is 13.5. The second kappa shape index (κ2) is 5.83. The van der Waals surface area contributed by atoms with Gasteiger partial charge in [0, 0.05) is 11.1 Å². The number of amidine groups is 1. The first-order valence-electron chi connectivity index (χ1n) is 5.75. The summed E-state index contributed by atoms with van der Waals surface area (Å²) < 4.78 is 13.4. The Morgan fingerprint density at radius 2 is 1.70 bits per heavy atom. The Kier molecular flexibility index (Phi) is 3.95. The number of para-hydroxylation sites is 1. The highest BCUT2D eigenvalue weighted by molar-refractivity contribution is 6.05. The number of rotatable bonds is 3. The third kappa shape index (κ3) is 2.92. The van der Waals surface area contributed by atoms with E-state index < -0.39 is 11.7 Å². The lowest BCUT2D eigenvalue weighted by Crippen LogP contribution is -2.15. The van der Waals surface area contributed by atoms with Crippen molar-refractivity contribution in [3.63, 3.8) is 0 Å². The predicted molar refractivity (Wildman–Crippen MR) is 73.3 cm³/mol. The lowest BCUT2D eigenvalue weighted by molar-refractivity contribution is 0.102. The minimum atomic E-state index is -0.505. The number of carbonyl (C=O) groups excluding carboxylic acids is 1. The van der Waals surface area contributed by atoms with Gasteiger partial charge >= 0.3 is 0 Å². The largest absolute Gasteiger partial charge is 0.409 e. The first-order valence-corrected chi connectivity index (χ1v) is 5.75. The van der Waals surface area contributed by atoms with Crippen molar-refractivity contribution in [2.45, 2.75) is 0 Å². The normalized spacial score (nSPS) is 11.2. The Balaban J connectivity index is 2.16. The van der Waals surface area contributed by atoms with Gasteiger partial charge in [-0.3, -0.25) is 4.79 Å². The van der Waals surface area contributed by atoms with Gasteiger partial charge in [0.1, 0.15) is 5.82 Å². The van der Waals surface area contributed by atoms with Gasteiger partial charge in [-0.1, -0.05) is 29.4 Å². The summed E-state index contributed by atoms with van der Waals surface area (Å²) in [5, 5.41) is 13.9. The van der Waals surface area contributed by atoms with Crippen LogP contribution in [-0.2, 0) is 0 Å². The molecule has 2 aromatic rings. The van der Waals surface area contributed by atoms with Crippen LogP contribution in [0.5, 0.6) is 0 Å². The van der Waals surface area contributed by atoms with Gasteiger partial charge in [0.05, 0.1) is 5.69 Å². The second-order valence-corrected chi connectivity index (χ2v) is 4.00. The maximum atomic E-state index is 13.4. The van der Waals surface area contributed by atoms with Gasteiger partial charge in [0.25, 0.3) is 5.91 Å². The Bertz CT molecular complexity index is 654. The first-order chi connectivity index (χ1) is 9.61. The summed E-state index contributed by atoms with van der Waals surface area (Å²) in [6, 6.07) is 12.0. The fourth-order valence-corrected chi connectivity index (χ4v) is 1.61. The minimum Gasteiger partial charge on any atom is -0.409 e. The van der Waals surface area contributed by atoms with Crippen molar-refractivity contribution in [3.05, 3.63) is 65.5 Å². The number of benzene rings is 2. The molecule has 0 heterocycles. The Morgan fingerprint density at radius 3 is 2.30 bits per heavy atom. The molecule has 1 amide bonds. The van der Waals surface area contributed by atoms with Crippen molar-refractivity contribution < 1.29 is 14.4 Å². The summed E-state index contributed by atoms with van der Waals surface area (Å²) in [5.74, 6) is -0.999. The molecule has 0 aliphatic rings. The molecule has 0 radical (unpaired) electrons. The molecular formula is C14H12FN3O2. The van der Waals surface area contributed by atoms with Crippen molar-refractivity contribution in [1.82, 2.24) is 0 Å². The van der Waals surface area contributed by atoms with E-state index in [0.29, 0.717) is 11.1 Å². The van der Waals surface area contributed by atoms with Crippen molar-refractivity contribution >= 4 is 17.4 Å². The van der Waals surface area contributed by atoms with Crippen LogP contribution in [0, 0.1) is 5.82 Å². The van der Waals surface area contributed by atoms with Crippen molar-refractivity contribution in [2.24, 2.45) is 10.9 Å². The number of nitrogens with one attached hydrogen (secondary N) is 1. The summed E-state index contributed by atoms with van der Waals surface area (Å²) >= 11 is 0. The Labute approximate surface area is 114 Å². The topological polar surface area (TPSA) is 87.7 Å². The molecule has 5 nitrogen and oxygen atoms in total. The van der Waals surface area contributed by atoms with Crippen LogP contribution in [0.4, 0.5) is 10.1 Å². The van der Waals surface area contributed by atoms with E-state index in [0.717, 1.165) is 0 Å². The molecule has 0 saturated carbocycles. The standard InChI is InChI=1S/C14H12FN3O2/c15-11-3-1-2-4-12(11)17-14(19)10-7-5-9(6-8-10)13(16)18-20/h1-8,20H,(H2,16,18)(H,17,19). The number of halogens is 1.